The molecule has 0 bridgehead atoms. The number of rotatable bonds is 3. The number of halogens is 1. The van der Waals surface area contributed by atoms with Crippen LogP contribution in [0.2, 0.25) is 0 Å². The highest BCUT2D eigenvalue weighted by atomic mass is 19.1. The molecule has 0 radical (unpaired) electrons. The monoisotopic (exact) mass is 436 g/mol. The van der Waals surface area contributed by atoms with Gasteiger partial charge >= 0.3 is 0 Å². The van der Waals surface area contributed by atoms with Gasteiger partial charge in [0.05, 0.1) is 16.6 Å². The van der Waals surface area contributed by atoms with Crippen molar-refractivity contribution in [1.29, 1.82) is 5.26 Å². The lowest BCUT2D eigenvalue weighted by Crippen LogP contribution is -2.25. The number of ether oxygens (including phenoxy) is 1. The first-order chi connectivity index (χ1) is 15.2. The molecule has 1 saturated heterocycles. The fourth-order valence-corrected chi connectivity index (χ4v) is 4.33. The molecule has 5 rings (SSSR count). The van der Waals surface area contributed by atoms with Crippen LogP contribution in [0, 0.1) is 17.1 Å². The quantitative estimate of drug-likeness (QED) is 0.478. The van der Waals surface area contributed by atoms with E-state index in [0.29, 0.717) is 11.4 Å². The summed E-state index contributed by atoms with van der Waals surface area (Å²) < 4.78 is 28.7. The number of nitrogens with zero attached hydrogens (tertiary/aromatic N) is 6. The molecule has 1 aromatic carbocycles. The van der Waals surface area contributed by atoms with Crippen molar-refractivity contribution in [2.24, 2.45) is 0 Å². The fraction of sp³-hybridized carbons (Fsp3) is 0.409. The zero-order valence-corrected chi connectivity index (χ0v) is 18.1. The van der Waals surface area contributed by atoms with Crippen molar-refractivity contribution < 1.29 is 13.7 Å². The van der Waals surface area contributed by atoms with Gasteiger partial charge in [-0.2, -0.15) is 10.2 Å². The number of aromatic nitrogens is 5. The number of benzene rings is 1. The molecule has 0 amide bonds. The summed E-state index contributed by atoms with van der Waals surface area (Å²) in [5, 5.41) is 13.6. The molecule has 0 aliphatic carbocycles. The smallest absolute Gasteiger partial charge is 0.278 e. The van der Waals surface area contributed by atoms with Gasteiger partial charge in [0.1, 0.15) is 41.1 Å². The van der Waals surface area contributed by atoms with Crippen LogP contribution in [0.5, 0.6) is 0 Å². The van der Waals surface area contributed by atoms with Crippen LogP contribution in [0.4, 0.5) is 4.39 Å². The maximum Gasteiger partial charge on any atom is 0.278 e. The summed E-state index contributed by atoms with van der Waals surface area (Å²) in [5.74, 6) is -0.175. The van der Waals surface area contributed by atoms with Crippen molar-refractivity contribution in [1.82, 2.24) is 24.1 Å². The molecule has 0 spiro atoms. The number of hydrogen-bond acceptors (Lipinski definition) is 7. The van der Waals surface area contributed by atoms with E-state index in [2.05, 4.69) is 15.1 Å². The van der Waals surface area contributed by atoms with Crippen LogP contribution in [0.1, 0.15) is 64.1 Å². The lowest BCUT2D eigenvalue weighted by molar-refractivity contribution is -0.0292. The van der Waals surface area contributed by atoms with Gasteiger partial charge in [-0.3, -0.25) is 9.20 Å². The number of hydrogen-bond donors (Lipinski definition) is 0. The Morgan fingerprint density at radius 3 is 2.75 bits per heavy atom. The topological polar surface area (TPSA) is 111 Å². The van der Waals surface area contributed by atoms with E-state index >= 15 is 0 Å². The van der Waals surface area contributed by atoms with E-state index in [4.69, 9.17) is 9.26 Å². The zero-order chi connectivity index (χ0) is 22.8. The summed E-state index contributed by atoms with van der Waals surface area (Å²) in [6.07, 6.45) is 2.76. The van der Waals surface area contributed by atoms with E-state index in [1.807, 2.05) is 19.9 Å². The molecule has 9 nitrogen and oxygen atoms in total. The summed E-state index contributed by atoms with van der Waals surface area (Å²) in [5.41, 5.74) is 0.301. The van der Waals surface area contributed by atoms with Crippen LogP contribution in [0.25, 0.3) is 28.1 Å². The summed E-state index contributed by atoms with van der Waals surface area (Å²) in [4.78, 5) is 22.4. The minimum Gasteiger partial charge on any atom is -0.363 e. The van der Waals surface area contributed by atoms with Crippen LogP contribution in [-0.4, -0.2) is 29.7 Å². The van der Waals surface area contributed by atoms with Gasteiger partial charge in [0, 0.05) is 6.04 Å². The Balaban J connectivity index is 1.74. The van der Waals surface area contributed by atoms with Crippen molar-refractivity contribution in [2.45, 2.75) is 58.3 Å². The van der Waals surface area contributed by atoms with Gasteiger partial charge in [-0.15, -0.1) is 0 Å². The second kappa shape index (κ2) is 6.97. The van der Waals surface area contributed by atoms with Gasteiger partial charge < -0.3 is 13.8 Å². The SMILES string of the molecule is CC(C)n1c(=O)c2c(-c3noc(C4CCC(C)(C)O4)n3)ncn2c2ccc(F)c(C#N)c21. The van der Waals surface area contributed by atoms with E-state index < -0.39 is 11.4 Å². The van der Waals surface area contributed by atoms with Gasteiger partial charge in [-0.1, -0.05) is 5.16 Å². The van der Waals surface area contributed by atoms with Crippen molar-refractivity contribution in [3.05, 3.63) is 46.1 Å². The Labute approximate surface area is 182 Å². The largest absolute Gasteiger partial charge is 0.363 e. The fourth-order valence-electron chi connectivity index (χ4n) is 4.33. The Hall–Kier alpha value is -3.58. The Kier molecular flexibility index (Phi) is 4.43. The number of imidazole rings is 1. The first-order valence-corrected chi connectivity index (χ1v) is 10.4. The van der Waals surface area contributed by atoms with Crippen LogP contribution in [-0.2, 0) is 4.74 Å². The molecule has 4 heterocycles. The molecular weight excluding hydrogens is 415 g/mol. The van der Waals surface area contributed by atoms with Crippen LogP contribution in [0.3, 0.4) is 0 Å². The van der Waals surface area contributed by atoms with Gasteiger partial charge in [0.25, 0.3) is 11.4 Å². The molecule has 3 aromatic heterocycles. The van der Waals surface area contributed by atoms with Crippen molar-refractivity contribution in [3.8, 4) is 17.6 Å². The average molecular weight is 436 g/mol. The first-order valence-electron chi connectivity index (χ1n) is 10.4. The van der Waals surface area contributed by atoms with Gasteiger partial charge in [-0.25, -0.2) is 9.37 Å². The third-order valence-corrected chi connectivity index (χ3v) is 5.82. The van der Waals surface area contributed by atoms with Crippen molar-refractivity contribution >= 4 is 16.6 Å². The summed E-state index contributed by atoms with van der Waals surface area (Å²) >= 11 is 0. The molecule has 0 N–H and O–H groups in total. The molecule has 164 valence electrons. The predicted octanol–water partition coefficient (Wildman–Crippen LogP) is 3.92. The Morgan fingerprint density at radius 2 is 2.09 bits per heavy atom. The molecule has 10 heteroatoms. The molecule has 1 fully saturated rings. The molecular formula is C22H21FN6O3. The van der Waals surface area contributed by atoms with E-state index in [9.17, 15) is 14.4 Å². The second-order valence-electron chi connectivity index (χ2n) is 8.84. The van der Waals surface area contributed by atoms with Gasteiger partial charge in [0.15, 0.2) is 0 Å². The number of nitriles is 1. The standard InChI is InChI=1S/C22H21FN6O3/c1-11(2)29-17-12(9-24)13(23)5-6-14(17)28-10-25-16(18(28)21(29)30)19-26-20(32-27-19)15-7-8-22(3,4)31-15/h5-6,10-11,15H,7-8H2,1-4H3. The molecule has 1 atom stereocenters. The third kappa shape index (κ3) is 2.92. The van der Waals surface area contributed by atoms with Crippen LogP contribution < -0.4 is 5.56 Å². The van der Waals surface area contributed by atoms with Gasteiger partial charge in [-0.05, 0) is 52.7 Å². The minimum atomic E-state index is -0.684. The summed E-state index contributed by atoms with van der Waals surface area (Å²) in [6, 6.07) is 4.29. The van der Waals surface area contributed by atoms with E-state index in [1.54, 1.807) is 13.8 Å². The highest BCUT2D eigenvalue weighted by Gasteiger charge is 2.36. The molecule has 0 saturated carbocycles. The average Bonchev–Trinajstić information content (AvgIpc) is 3.45. The Morgan fingerprint density at radius 1 is 1.31 bits per heavy atom. The second-order valence-corrected chi connectivity index (χ2v) is 8.84. The lowest BCUT2D eigenvalue weighted by Gasteiger charge is -2.17. The van der Waals surface area contributed by atoms with E-state index in [0.717, 1.165) is 12.8 Å². The molecule has 1 aliphatic rings. The number of fused-ring (bicyclic) bond motifs is 3. The van der Waals surface area contributed by atoms with E-state index in [-0.39, 0.29) is 45.9 Å². The molecule has 1 aliphatic heterocycles. The summed E-state index contributed by atoms with van der Waals surface area (Å²) in [7, 11) is 0. The van der Waals surface area contributed by atoms with Crippen LogP contribution in [0.15, 0.2) is 27.8 Å². The van der Waals surface area contributed by atoms with Gasteiger partial charge in [0.2, 0.25) is 5.82 Å². The zero-order valence-electron chi connectivity index (χ0n) is 18.1. The maximum absolute atomic E-state index is 14.4. The lowest BCUT2D eigenvalue weighted by atomic mass is 10.1. The minimum absolute atomic E-state index is 0.171. The molecule has 1 unspecified atom stereocenters. The third-order valence-electron chi connectivity index (χ3n) is 5.82. The highest BCUT2D eigenvalue weighted by Crippen LogP contribution is 2.38. The maximum atomic E-state index is 14.4. The highest BCUT2D eigenvalue weighted by molar-refractivity contribution is 5.87. The molecule has 32 heavy (non-hydrogen) atoms. The van der Waals surface area contributed by atoms with Crippen LogP contribution >= 0.6 is 0 Å². The summed E-state index contributed by atoms with van der Waals surface area (Å²) in [6.45, 7) is 7.60. The normalized spacial score (nSPS) is 18.1. The Bertz CT molecular complexity index is 1470. The predicted molar refractivity (Wildman–Crippen MR) is 112 cm³/mol. The van der Waals surface area contributed by atoms with E-state index in [1.165, 1.54) is 27.4 Å². The van der Waals surface area contributed by atoms with Crippen molar-refractivity contribution in [3.63, 3.8) is 0 Å². The molecule has 4 aromatic rings. The van der Waals surface area contributed by atoms with Crippen molar-refractivity contribution in [2.75, 3.05) is 0 Å². The first kappa shape index (κ1) is 20.3.